The molecule has 0 fully saturated rings. The van der Waals surface area contributed by atoms with Gasteiger partial charge in [-0.25, -0.2) is 0 Å². The summed E-state index contributed by atoms with van der Waals surface area (Å²) < 4.78 is 9.85. The van der Waals surface area contributed by atoms with Gasteiger partial charge in [-0.15, -0.1) is 0 Å². The highest BCUT2D eigenvalue weighted by Gasteiger charge is 2.11. The number of ether oxygens (including phenoxy) is 2. The number of para-hydroxylation sites is 1. The molecule has 0 aromatic heterocycles. The Morgan fingerprint density at radius 3 is 2.40 bits per heavy atom. The Hall–Kier alpha value is -1.44. The van der Waals surface area contributed by atoms with Crippen LogP contribution in [-0.4, -0.2) is 0 Å². The first kappa shape index (κ1) is 5.35. The number of hydrogen-bond donors (Lipinski definition) is 0. The van der Waals surface area contributed by atoms with E-state index in [0.717, 1.165) is 5.75 Å². The Balaban J connectivity index is 2.11. The zero-order valence-electron chi connectivity index (χ0n) is 5.28. The number of hydrogen-bond acceptors (Lipinski definition) is 2. The molecule has 1 aromatic carbocycles. The summed E-state index contributed by atoms with van der Waals surface area (Å²) in [5.41, 5.74) is 0. The zero-order valence-corrected chi connectivity index (χ0v) is 5.28. The van der Waals surface area contributed by atoms with Gasteiger partial charge in [-0.05, 0) is 12.1 Å². The average Bonchev–Trinajstić information content (AvgIpc) is 2.74. The van der Waals surface area contributed by atoms with Crippen LogP contribution in [0.25, 0.3) is 0 Å². The highest BCUT2D eigenvalue weighted by molar-refractivity contribution is 5.23. The van der Waals surface area contributed by atoms with Crippen LogP contribution in [-0.2, 0) is 4.74 Å². The smallest absolute Gasteiger partial charge is 0.327 e. The molecule has 0 aliphatic carbocycles. The van der Waals surface area contributed by atoms with Crippen molar-refractivity contribution in [3.63, 3.8) is 0 Å². The van der Waals surface area contributed by atoms with Gasteiger partial charge in [0.25, 0.3) is 0 Å². The Morgan fingerprint density at radius 1 is 1.10 bits per heavy atom. The van der Waals surface area contributed by atoms with Crippen molar-refractivity contribution in [3.8, 4) is 5.75 Å². The maximum absolute atomic E-state index is 5.16. The average molecular weight is 134 g/mol. The molecule has 0 atom stereocenters. The molecule has 0 saturated heterocycles. The van der Waals surface area contributed by atoms with Crippen LogP contribution in [0.15, 0.2) is 42.5 Å². The summed E-state index contributed by atoms with van der Waals surface area (Å²) >= 11 is 0. The van der Waals surface area contributed by atoms with Gasteiger partial charge in [0, 0.05) is 0 Å². The molecule has 0 bridgehead atoms. The van der Waals surface area contributed by atoms with Gasteiger partial charge in [0.05, 0.1) is 0 Å². The van der Waals surface area contributed by atoms with Crippen molar-refractivity contribution in [1.29, 1.82) is 0 Å². The summed E-state index contributed by atoms with van der Waals surface area (Å²) in [5.74, 6) is 1.40. The van der Waals surface area contributed by atoms with Crippen LogP contribution in [0.1, 0.15) is 0 Å². The van der Waals surface area contributed by atoms with Gasteiger partial charge >= 0.3 is 5.95 Å². The highest BCUT2D eigenvalue weighted by atomic mass is 16.7. The number of benzene rings is 1. The molecular formula is C8H6O2. The molecule has 10 heavy (non-hydrogen) atoms. The molecule has 50 valence electrons. The minimum Gasteiger partial charge on any atom is -0.424 e. The molecule has 0 unspecified atom stereocenters. The first-order valence-electron chi connectivity index (χ1n) is 3.05. The van der Waals surface area contributed by atoms with Crippen LogP contribution in [0.5, 0.6) is 5.75 Å². The van der Waals surface area contributed by atoms with Crippen molar-refractivity contribution in [2.75, 3.05) is 0 Å². The maximum atomic E-state index is 5.16. The highest BCUT2D eigenvalue weighted by Crippen LogP contribution is 2.19. The van der Waals surface area contributed by atoms with Gasteiger partial charge in [0.1, 0.15) is 5.75 Å². The minimum absolute atomic E-state index is 0.589. The monoisotopic (exact) mass is 134 g/mol. The van der Waals surface area contributed by atoms with E-state index >= 15 is 0 Å². The normalized spacial score (nSPS) is 13.4. The molecular weight excluding hydrogens is 128 g/mol. The molecule has 1 aliphatic rings. The fourth-order valence-corrected chi connectivity index (χ4v) is 0.677. The Morgan fingerprint density at radius 2 is 1.80 bits per heavy atom. The fourth-order valence-electron chi connectivity index (χ4n) is 0.677. The van der Waals surface area contributed by atoms with Gasteiger partial charge < -0.3 is 9.47 Å². The lowest BCUT2D eigenvalue weighted by Gasteiger charge is -1.95. The van der Waals surface area contributed by atoms with Crippen molar-refractivity contribution in [2.45, 2.75) is 0 Å². The molecule has 0 radical (unpaired) electrons. The van der Waals surface area contributed by atoms with E-state index in [1.165, 1.54) is 0 Å². The quantitative estimate of drug-likeness (QED) is 0.616. The van der Waals surface area contributed by atoms with E-state index in [1.807, 2.05) is 30.3 Å². The molecule has 1 heterocycles. The van der Waals surface area contributed by atoms with Crippen molar-refractivity contribution in [3.05, 3.63) is 42.5 Å². The zero-order chi connectivity index (χ0) is 6.81. The Labute approximate surface area is 58.7 Å². The third kappa shape index (κ3) is 1.10. The lowest BCUT2D eigenvalue weighted by molar-refractivity contribution is 0.298. The third-order valence-corrected chi connectivity index (χ3v) is 1.18. The van der Waals surface area contributed by atoms with E-state index in [-0.39, 0.29) is 0 Å². The molecule has 2 rings (SSSR count). The van der Waals surface area contributed by atoms with Crippen molar-refractivity contribution in [2.24, 2.45) is 0 Å². The maximum Gasteiger partial charge on any atom is 0.327 e. The topological polar surface area (TPSA) is 21.8 Å². The standard InChI is InChI=1S/C8H6O2/c1-2-4-7(5-3-1)10-8-6-9-8/h1-6H. The van der Waals surface area contributed by atoms with Gasteiger partial charge in [-0.1, -0.05) is 18.2 Å². The molecule has 1 aromatic rings. The van der Waals surface area contributed by atoms with E-state index in [9.17, 15) is 0 Å². The molecule has 0 saturated carbocycles. The van der Waals surface area contributed by atoms with Crippen LogP contribution < -0.4 is 4.74 Å². The van der Waals surface area contributed by atoms with Crippen molar-refractivity contribution >= 4 is 0 Å². The van der Waals surface area contributed by atoms with Crippen LogP contribution in [0, 0.1) is 0 Å². The predicted molar refractivity (Wildman–Crippen MR) is 36.2 cm³/mol. The van der Waals surface area contributed by atoms with Crippen LogP contribution >= 0.6 is 0 Å². The van der Waals surface area contributed by atoms with Gasteiger partial charge in [0.2, 0.25) is 0 Å². The molecule has 0 spiro atoms. The minimum atomic E-state index is 0.589. The van der Waals surface area contributed by atoms with E-state index in [1.54, 1.807) is 6.26 Å². The van der Waals surface area contributed by atoms with Gasteiger partial charge in [0.15, 0.2) is 6.26 Å². The molecule has 1 aliphatic heterocycles. The van der Waals surface area contributed by atoms with E-state index in [4.69, 9.17) is 4.74 Å². The van der Waals surface area contributed by atoms with E-state index in [0.29, 0.717) is 5.95 Å². The Kier molecular flexibility index (Phi) is 1.10. The van der Waals surface area contributed by atoms with Crippen LogP contribution in [0.2, 0.25) is 0 Å². The van der Waals surface area contributed by atoms with E-state index in [2.05, 4.69) is 4.74 Å². The molecule has 2 nitrogen and oxygen atoms in total. The lowest BCUT2D eigenvalue weighted by Crippen LogP contribution is -1.82. The summed E-state index contributed by atoms with van der Waals surface area (Å²) in [5, 5.41) is 0. The second-order valence-corrected chi connectivity index (χ2v) is 1.97. The first-order valence-corrected chi connectivity index (χ1v) is 3.05. The second kappa shape index (κ2) is 2.06. The summed E-state index contributed by atoms with van der Waals surface area (Å²) in [7, 11) is 0. The molecule has 0 N–H and O–H groups in total. The number of rotatable bonds is 2. The summed E-state index contributed by atoms with van der Waals surface area (Å²) in [6.07, 6.45) is 1.56. The van der Waals surface area contributed by atoms with Crippen LogP contribution in [0.3, 0.4) is 0 Å². The van der Waals surface area contributed by atoms with Crippen molar-refractivity contribution in [1.82, 2.24) is 0 Å². The van der Waals surface area contributed by atoms with Crippen molar-refractivity contribution < 1.29 is 9.47 Å². The lowest BCUT2D eigenvalue weighted by atomic mass is 10.3. The second-order valence-electron chi connectivity index (χ2n) is 1.97. The third-order valence-electron chi connectivity index (χ3n) is 1.18. The molecule has 2 heteroatoms. The van der Waals surface area contributed by atoms with E-state index < -0.39 is 0 Å². The Bertz CT molecular complexity index is 251. The largest absolute Gasteiger partial charge is 0.424 e. The molecule has 0 amide bonds. The SMILES string of the molecule is C1=C(Oc2ccccc2)O1. The summed E-state index contributed by atoms with van der Waals surface area (Å²) in [6, 6.07) is 9.52. The van der Waals surface area contributed by atoms with Gasteiger partial charge in [-0.3, -0.25) is 0 Å². The van der Waals surface area contributed by atoms with Crippen LogP contribution in [0.4, 0.5) is 0 Å². The predicted octanol–water partition coefficient (Wildman–Crippen LogP) is 1.89. The van der Waals surface area contributed by atoms with Gasteiger partial charge in [-0.2, -0.15) is 0 Å². The summed E-state index contributed by atoms with van der Waals surface area (Å²) in [6.45, 7) is 0. The summed E-state index contributed by atoms with van der Waals surface area (Å²) in [4.78, 5) is 0. The first-order chi connectivity index (χ1) is 4.95. The fraction of sp³-hybridized carbons (Fsp3) is 0.